The van der Waals surface area contributed by atoms with Crippen LogP contribution in [0.3, 0.4) is 0 Å². The molecule has 0 atom stereocenters. The number of carbonyl (C=O) groups is 1. The van der Waals surface area contributed by atoms with Crippen molar-refractivity contribution in [3.63, 3.8) is 0 Å². The van der Waals surface area contributed by atoms with Crippen LogP contribution < -0.4 is 11.2 Å². The molecular weight excluding hydrogens is 354 g/mol. The summed E-state index contributed by atoms with van der Waals surface area (Å²) in [7, 11) is 2.92. The van der Waals surface area contributed by atoms with Crippen LogP contribution in [0.2, 0.25) is 0 Å². The van der Waals surface area contributed by atoms with E-state index in [9.17, 15) is 14.4 Å². The van der Waals surface area contributed by atoms with Crippen LogP contribution in [0.1, 0.15) is 33.8 Å². The molecule has 0 aromatic carbocycles. The first kappa shape index (κ1) is 17.2. The Morgan fingerprint density at radius 3 is 2.65 bits per heavy atom. The smallest absolute Gasteiger partial charge is 0.331 e. The summed E-state index contributed by atoms with van der Waals surface area (Å²) in [6, 6.07) is 3.38. The zero-order valence-electron chi connectivity index (χ0n) is 14.9. The van der Waals surface area contributed by atoms with Crippen molar-refractivity contribution in [1.82, 2.24) is 14.0 Å². The standard InChI is InChI=1S/C18H21N3O4S/c1-19-13(11-15(22)20(2)17(19)24)16(23)21-7-5-18(6-8-21)12-4-10-26-14(12)3-9-25-18/h4,10-11H,3,5-9H2,1-2H3. The van der Waals surface area contributed by atoms with Crippen LogP contribution in [0.25, 0.3) is 0 Å². The second-order valence-corrected chi connectivity index (χ2v) is 7.91. The van der Waals surface area contributed by atoms with Gasteiger partial charge in [0.05, 0.1) is 12.2 Å². The number of rotatable bonds is 1. The number of carbonyl (C=O) groups excluding carboxylic acids is 1. The van der Waals surface area contributed by atoms with Gasteiger partial charge in [0.1, 0.15) is 5.69 Å². The van der Waals surface area contributed by atoms with Gasteiger partial charge in [-0.05, 0) is 29.9 Å². The molecule has 7 nitrogen and oxygen atoms in total. The number of hydrogen-bond donors (Lipinski definition) is 0. The molecule has 1 spiro atoms. The van der Waals surface area contributed by atoms with E-state index in [0.29, 0.717) is 19.7 Å². The fourth-order valence-electron chi connectivity index (χ4n) is 3.94. The van der Waals surface area contributed by atoms with Crippen molar-refractivity contribution >= 4 is 17.2 Å². The van der Waals surface area contributed by atoms with E-state index in [0.717, 1.165) is 23.8 Å². The second kappa shape index (κ2) is 6.21. The third-order valence-corrected chi connectivity index (χ3v) is 6.53. The molecule has 1 fully saturated rings. The van der Waals surface area contributed by atoms with Gasteiger partial charge in [-0.2, -0.15) is 0 Å². The lowest BCUT2D eigenvalue weighted by Gasteiger charge is -2.44. The quantitative estimate of drug-likeness (QED) is 0.741. The molecule has 0 unspecified atom stereocenters. The zero-order chi connectivity index (χ0) is 18.5. The Morgan fingerprint density at radius 1 is 1.19 bits per heavy atom. The van der Waals surface area contributed by atoms with E-state index in [-0.39, 0.29) is 17.2 Å². The highest BCUT2D eigenvalue weighted by Gasteiger charge is 2.42. The first-order valence-corrected chi connectivity index (χ1v) is 9.58. The van der Waals surface area contributed by atoms with Gasteiger partial charge >= 0.3 is 5.69 Å². The highest BCUT2D eigenvalue weighted by atomic mass is 32.1. The average molecular weight is 375 g/mol. The van der Waals surface area contributed by atoms with Gasteiger partial charge in [0, 0.05) is 44.5 Å². The lowest BCUT2D eigenvalue weighted by molar-refractivity contribution is -0.0927. The summed E-state index contributed by atoms with van der Waals surface area (Å²) in [6.07, 6.45) is 2.40. The van der Waals surface area contributed by atoms with Crippen molar-refractivity contribution < 1.29 is 9.53 Å². The van der Waals surface area contributed by atoms with E-state index in [4.69, 9.17) is 4.74 Å². The van der Waals surface area contributed by atoms with E-state index in [2.05, 4.69) is 11.4 Å². The number of nitrogens with zero attached hydrogens (tertiary/aromatic N) is 3. The number of hydrogen-bond acceptors (Lipinski definition) is 5. The first-order valence-electron chi connectivity index (χ1n) is 8.70. The van der Waals surface area contributed by atoms with E-state index in [1.807, 2.05) is 0 Å². The molecule has 26 heavy (non-hydrogen) atoms. The average Bonchev–Trinajstić information content (AvgIpc) is 3.14. The van der Waals surface area contributed by atoms with Gasteiger partial charge < -0.3 is 9.64 Å². The number of ether oxygens (including phenoxy) is 1. The van der Waals surface area contributed by atoms with Crippen molar-refractivity contribution in [3.05, 3.63) is 54.5 Å². The molecule has 2 aliphatic heterocycles. The Morgan fingerprint density at radius 2 is 1.92 bits per heavy atom. The third-order valence-electron chi connectivity index (χ3n) is 5.55. The van der Waals surface area contributed by atoms with Crippen LogP contribution in [-0.4, -0.2) is 39.6 Å². The summed E-state index contributed by atoms with van der Waals surface area (Å²) in [4.78, 5) is 40.0. The highest BCUT2D eigenvalue weighted by molar-refractivity contribution is 7.10. The molecule has 2 aromatic rings. The minimum atomic E-state index is -0.493. The van der Waals surface area contributed by atoms with Gasteiger partial charge in [0.2, 0.25) is 0 Å². The van der Waals surface area contributed by atoms with Crippen LogP contribution in [0.5, 0.6) is 0 Å². The van der Waals surface area contributed by atoms with E-state index >= 15 is 0 Å². The van der Waals surface area contributed by atoms with Crippen molar-refractivity contribution in [2.24, 2.45) is 14.1 Å². The van der Waals surface area contributed by atoms with Gasteiger partial charge in [-0.15, -0.1) is 11.3 Å². The number of aromatic nitrogens is 2. The normalized spacial score (nSPS) is 18.8. The molecular formula is C18H21N3O4S. The monoisotopic (exact) mass is 375 g/mol. The number of piperidine rings is 1. The Balaban J connectivity index is 1.58. The molecule has 4 heterocycles. The number of fused-ring (bicyclic) bond motifs is 2. The molecule has 1 amide bonds. The maximum atomic E-state index is 12.9. The van der Waals surface area contributed by atoms with Crippen molar-refractivity contribution in [3.8, 4) is 0 Å². The van der Waals surface area contributed by atoms with E-state index < -0.39 is 11.2 Å². The maximum Gasteiger partial charge on any atom is 0.331 e. The maximum absolute atomic E-state index is 12.9. The largest absolute Gasteiger partial charge is 0.370 e. The fourth-order valence-corrected chi connectivity index (χ4v) is 4.89. The van der Waals surface area contributed by atoms with E-state index in [1.54, 1.807) is 16.2 Å². The number of thiophene rings is 1. The Bertz CT molecular complexity index is 979. The van der Waals surface area contributed by atoms with Crippen LogP contribution >= 0.6 is 11.3 Å². The van der Waals surface area contributed by atoms with Crippen LogP contribution in [0.15, 0.2) is 27.1 Å². The van der Waals surface area contributed by atoms with Gasteiger partial charge in [-0.1, -0.05) is 0 Å². The summed E-state index contributed by atoms with van der Waals surface area (Å²) in [5.41, 5.74) is 0.135. The summed E-state index contributed by atoms with van der Waals surface area (Å²) in [6.45, 7) is 1.79. The zero-order valence-corrected chi connectivity index (χ0v) is 15.7. The molecule has 4 rings (SSSR count). The summed E-state index contributed by atoms with van der Waals surface area (Å²) >= 11 is 1.77. The van der Waals surface area contributed by atoms with Gasteiger partial charge in [0.15, 0.2) is 0 Å². The first-order chi connectivity index (χ1) is 12.4. The fraction of sp³-hybridized carbons (Fsp3) is 0.500. The lowest BCUT2D eigenvalue weighted by atomic mass is 9.82. The van der Waals surface area contributed by atoms with Crippen molar-refractivity contribution in [2.75, 3.05) is 19.7 Å². The Hall–Kier alpha value is -2.19. The number of amides is 1. The van der Waals surface area contributed by atoms with E-state index in [1.165, 1.54) is 35.2 Å². The van der Waals surface area contributed by atoms with Crippen molar-refractivity contribution in [2.45, 2.75) is 24.9 Å². The highest BCUT2D eigenvalue weighted by Crippen LogP contribution is 2.43. The molecule has 0 saturated carbocycles. The van der Waals surface area contributed by atoms with Crippen LogP contribution in [-0.2, 0) is 30.9 Å². The van der Waals surface area contributed by atoms with Crippen LogP contribution in [0.4, 0.5) is 0 Å². The summed E-state index contributed by atoms with van der Waals surface area (Å²) < 4.78 is 8.40. The second-order valence-electron chi connectivity index (χ2n) is 6.91. The number of likely N-dealkylation sites (tertiary alicyclic amines) is 1. The Labute approximate surface area is 154 Å². The summed E-state index contributed by atoms with van der Waals surface area (Å²) in [5.74, 6) is -0.279. The minimum Gasteiger partial charge on any atom is -0.370 e. The third kappa shape index (κ3) is 2.55. The molecule has 8 heteroatoms. The molecule has 2 aliphatic rings. The predicted octanol–water partition coefficient (Wildman–Crippen LogP) is 0.850. The molecule has 2 aromatic heterocycles. The van der Waals surface area contributed by atoms with Gasteiger partial charge in [-0.25, -0.2) is 4.79 Å². The lowest BCUT2D eigenvalue weighted by Crippen LogP contribution is -2.49. The minimum absolute atomic E-state index is 0.134. The molecule has 1 saturated heterocycles. The Kier molecular flexibility index (Phi) is 4.11. The molecule has 0 N–H and O–H groups in total. The van der Waals surface area contributed by atoms with Crippen LogP contribution in [0, 0.1) is 0 Å². The van der Waals surface area contributed by atoms with Crippen molar-refractivity contribution in [1.29, 1.82) is 0 Å². The van der Waals surface area contributed by atoms with Gasteiger partial charge in [-0.3, -0.25) is 18.7 Å². The topological polar surface area (TPSA) is 73.5 Å². The molecule has 138 valence electrons. The summed E-state index contributed by atoms with van der Waals surface area (Å²) in [5, 5.41) is 2.11. The molecule has 0 radical (unpaired) electrons. The predicted molar refractivity (Wildman–Crippen MR) is 97.7 cm³/mol. The molecule has 0 bridgehead atoms. The SMILES string of the molecule is Cn1c(C(=O)N2CCC3(CC2)OCCc2sccc23)cc(=O)n(C)c1=O. The van der Waals surface area contributed by atoms with Gasteiger partial charge in [0.25, 0.3) is 11.5 Å². The molecule has 0 aliphatic carbocycles.